The van der Waals surface area contributed by atoms with Crippen LogP contribution in [0.2, 0.25) is 0 Å². The lowest BCUT2D eigenvalue weighted by Crippen LogP contribution is -2.10. The van der Waals surface area contributed by atoms with Gasteiger partial charge in [-0.05, 0) is 11.1 Å². The van der Waals surface area contributed by atoms with Crippen LogP contribution >= 0.6 is 0 Å². The van der Waals surface area contributed by atoms with Crippen LogP contribution < -0.4 is 5.73 Å². The number of rotatable bonds is 6. The molecule has 0 aliphatic rings. The molecule has 0 aromatic heterocycles. The molecule has 0 fully saturated rings. The van der Waals surface area contributed by atoms with Crippen molar-refractivity contribution < 1.29 is 14.3 Å². The Morgan fingerprint density at radius 2 is 1.30 bits per heavy atom. The maximum atomic E-state index is 12.0. The number of carbonyl (C=O) groups is 2. The third kappa shape index (κ3) is 5.28. The Hall–Kier alpha value is -3.14. The molecule has 0 spiro atoms. The fraction of sp³-hybridized carbons (Fsp3) is 0.0526. The molecule has 4 heteroatoms. The summed E-state index contributed by atoms with van der Waals surface area (Å²) in [6, 6.07) is 18.9. The third-order valence-corrected chi connectivity index (χ3v) is 3.03. The normalized spacial score (nSPS) is 11.2. The van der Waals surface area contributed by atoms with Crippen molar-refractivity contribution >= 4 is 11.9 Å². The Kier molecular flexibility index (Phi) is 5.89. The van der Waals surface area contributed by atoms with Crippen LogP contribution in [0.4, 0.5) is 0 Å². The van der Waals surface area contributed by atoms with Gasteiger partial charge in [0.25, 0.3) is 5.91 Å². The van der Waals surface area contributed by atoms with Crippen LogP contribution in [0.5, 0.6) is 0 Å². The summed E-state index contributed by atoms with van der Waals surface area (Å²) in [4.78, 5) is 22.4. The zero-order valence-corrected chi connectivity index (χ0v) is 12.4. The highest BCUT2D eigenvalue weighted by Gasteiger charge is 2.17. The van der Waals surface area contributed by atoms with Gasteiger partial charge in [-0.1, -0.05) is 72.8 Å². The molecule has 0 atom stereocenters. The van der Waals surface area contributed by atoms with Crippen LogP contribution in [0, 0.1) is 0 Å². The molecule has 4 nitrogen and oxygen atoms in total. The zero-order chi connectivity index (χ0) is 16.5. The Morgan fingerprint density at radius 3 is 1.78 bits per heavy atom. The number of benzene rings is 2. The van der Waals surface area contributed by atoms with E-state index in [2.05, 4.69) is 0 Å². The third-order valence-electron chi connectivity index (χ3n) is 3.03. The van der Waals surface area contributed by atoms with Gasteiger partial charge in [-0.15, -0.1) is 0 Å². The highest BCUT2D eigenvalue weighted by Crippen LogP contribution is 2.25. The summed E-state index contributed by atoms with van der Waals surface area (Å²) in [5.74, 6) is -1.35. The molecule has 115 valence electrons. The van der Waals surface area contributed by atoms with Crippen molar-refractivity contribution in [2.75, 3.05) is 0 Å². The maximum Gasteiger partial charge on any atom is 0.331 e. The quantitative estimate of drug-likeness (QED) is 0.467. The van der Waals surface area contributed by atoms with Crippen LogP contribution in [0.25, 0.3) is 0 Å². The molecule has 0 bridgehead atoms. The van der Waals surface area contributed by atoms with E-state index in [0.717, 1.165) is 17.2 Å². The number of allylic oxidation sites excluding steroid dienone is 2. The number of hydrogen-bond acceptors (Lipinski definition) is 3. The minimum absolute atomic E-state index is 0.503. The van der Waals surface area contributed by atoms with E-state index in [4.69, 9.17) is 10.5 Å². The fourth-order valence-electron chi connectivity index (χ4n) is 2.02. The molecule has 1 N–H and O–H groups in total. The lowest BCUT2D eigenvalue weighted by atomic mass is 10.0. The first kappa shape index (κ1) is 16.2. The Morgan fingerprint density at radius 1 is 0.826 bits per heavy atom. The highest BCUT2D eigenvalue weighted by molar-refractivity contribution is 5.86. The van der Waals surface area contributed by atoms with Gasteiger partial charge >= 0.3 is 5.97 Å². The van der Waals surface area contributed by atoms with E-state index in [1.807, 2.05) is 60.7 Å². The van der Waals surface area contributed by atoms with E-state index in [9.17, 15) is 9.59 Å². The molecule has 0 saturated carbocycles. The molecule has 1 radical (unpaired) electrons. The van der Waals surface area contributed by atoms with Crippen LogP contribution in [0.3, 0.4) is 0 Å². The predicted molar refractivity (Wildman–Crippen MR) is 87.2 cm³/mol. The molecule has 0 aliphatic heterocycles. The van der Waals surface area contributed by atoms with E-state index in [1.54, 1.807) is 0 Å². The van der Waals surface area contributed by atoms with Crippen molar-refractivity contribution in [1.29, 1.82) is 0 Å². The maximum absolute atomic E-state index is 12.0. The summed E-state index contributed by atoms with van der Waals surface area (Å²) in [5.41, 5.74) is 8.47. The van der Waals surface area contributed by atoms with Crippen molar-refractivity contribution in [1.82, 2.24) is 5.73 Å². The van der Waals surface area contributed by atoms with Crippen molar-refractivity contribution in [3.8, 4) is 0 Å². The molecule has 0 heterocycles. The summed E-state index contributed by atoms with van der Waals surface area (Å²) >= 11 is 0. The molecule has 0 saturated heterocycles. The molecule has 0 unspecified atom stereocenters. The number of amides is 1. The average Bonchev–Trinajstić information content (AvgIpc) is 2.58. The van der Waals surface area contributed by atoms with Gasteiger partial charge in [-0.3, -0.25) is 10.5 Å². The van der Waals surface area contributed by atoms with Crippen molar-refractivity contribution in [2.24, 2.45) is 0 Å². The fourth-order valence-corrected chi connectivity index (χ4v) is 2.02. The molecule has 2 aromatic carbocycles. The largest absolute Gasteiger partial charge is 0.449 e. The van der Waals surface area contributed by atoms with E-state index < -0.39 is 18.0 Å². The average molecular weight is 306 g/mol. The van der Waals surface area contributed by atoms with E-state index in [0.29, 0.717) is 0 Å². The second-order valence-corrected chi connectivity index (χ2v) is 4.72. The molecule has 2 rings (SSSR count). The molecular weight excluding hydrogens is 290 g/mol. The SMILES string of the molecule is [NH]C(=O)/C=C/C=C/C(=O)OC(c1ccccc1)c1ccccc1. The van der Waals surface area contributed by atoms with Gasteiger partial charge in [0.15, 0.2) is 6.10 Å². The Labute approximate surface area is 134 Å². The van der Waals surface area contributed by atoms with Crippen molar-refractivity contribution in [3.05, 3.63) is 96.1 Å². The summed E-state index contributed by atoms with van der Waals surface area (Å²) in [6.45, 7) is 0. The lowest BCUT2D eigenvalue weighted by molar-refractivity contribution is -0.141. The minimum Gasteiger partial charge on any atom is -0.449 e. The first-order valence-corrected chi connectivity index (χ1v) is 7.07. The van der Waals surface area contributed by atoms with Gasteiger partial charge in [0.05, 0.1) is 0 Å². The number of nitrogens with one attached hydrogen (secondary N) is 1. The zero-order valence-electron chi connectivity index (χ0n) is 12.4. The monoisotopic (exact) mass is 306 g/mol. The molecule has 1 amide bonds. The van der Waals surface area contributed by atoms with Crippen molar-refractivity contribution in [3.63, 3.8) is 0 Å². The Bertz CT molecular complexity index is 666. The summed E-state index contributed by atoms with van der Waals surface area (Å²) in [5, 5.41) is 0. The molecule has 0 aliphatic carbocycles. The minimum atomic E-state index is -0.825. The number of esters is 1. The van der Waals surface area contributed by atoms with Crippen molar-refractivity contribution in [2.45, 2.75) is 6.10 Å². The molecular formula is C19H16NO3. The van der Waals surface area contributed by atoms with Gasteiger partial charge in [0.2, 0.25) is 0 Å². The molecule has 2 aromatic rings. The van der Waals surface area contributed by atoms with Crippen LogP contribution in [0.15, 0.2) is 85.0 Å². The summed E-state index contributed by atoms with van der Waals surface area (Å²) in [7, 11) is 0. The highest BCUT2D eigenvalue weighted by atomic mass is 16.5. The topological polar surface area (TPSA) is 67.2 Å². The van der Waals surface area contributed by atoms with Crippen LogP contribution in [0.1, 0.15) is 17.2 Å². The van der Waals surface area contributed by atoms with E-state index >= 15 is 0 Å². The van der Waals surface area contributed by atoms with Crippen LogP contribution in [-0.4, -0.2) is 11.9 Å². The Balaban J connectivity index is 2.16. The second-order valence-electron chi connectivity index (χ2n) is 4.72. The summed E-state index contributed by atoms with van der Waals surface area (Å²) in [6.07, 6.45) is 4.48. The predicted octanol–water partition coefficient (Wildman–Crippen LogP) is 3.24. The van der Waals surface area contributed by atoms with Gasteiger partial charge in [0.1, 0.15) is 0 Å². The number of hydrogen-bond donors (Lipinski definition) is 0. The summed E-state index contributed by atoms with van der Waals surface area (Å²) < 4.78 is 5.54. The first-order chi connectivity index (χ1) is 11.2. The number of carbonyl (C=O) groups excluding carboxylic acids is 2. The van der Waals surface area contributed by atoms with Crippen LogP contribution in [-0.2, 0) is 14.3 Å². The van der Waals surface area contributed by atoms with Gasteiger partial charge in [-0.2, -0.15) is 0 Å². The van der Waals surface area contributed by atoms with Gasteiger partial charge in [0, 0.05) is 12.2 Å². The van der Waals surface area contributed by atoms with Gasteiger partial charge in [-0.25, -0.2) is 4.79 Å². The van der Waals surface area contributed by atoms with E-state index in [1.165, 1.54) is 18.2 Å². The first-order valence-electron chi connectivity index (χ1n) is 7.07. The lowest BCUT2D eigenvalue weighted by Gasteiger charge is -2.17. The second kappa shape index (κ2) is 8.34. The van der Waals surface area contributed by atoms with E-state index in [-0.39, 0.29) is 0 Å². The van der Waals surface area contributed by atoms with Gasteiger partial charge < -0.3 is 4.74 Å². The molecule has 23 heavy (non-hydrogen) atoms. The number of ether oxygens (including phenoxy) is 1. The standard InChI is InChI=1S/C19H16NO3/c20-17(21)13-7-8-14-18(22)23-19(15-9-3-1-4-10-15)16-11-5-2-6-12-16/h1-14,19-20H/b13-7+,14-8+. The smallest absolute Gasteiger partial charge is 0.331 e.